The Kier molecular flexibility index (Phi) is 4.72. The monoisotopic (exact) mass is 417 g/mol. The van der Waals surface area contributed by atoms with Crippen molar-refractivity contribution in [3.05, 3.63) is 31.8 Å². The number of benzene rings is 1. The van der Waals surface area contributed by atoms with E-state index >= 15 is 0 Å². The second-order valence-electron chi connectivity index (χ2n) is 5.55. The summed E-state index contributed by atoms with van der Waals surface area (Å²) in [6.07, 6.45) is 0.815. The van der Waals surface area contributed by atoms with Gasteiger partial charge in [0.2, 0.25) is 0 Å². The van der Waals surface area contributed by atoms with Gasteiger partial charge in [-0.1, -0.05) is 39.1 Å². The number of Topliss-reactive ketones (excluding diaryl/α,β-unsaturated/α-hetero) is 1. The van der Waals surface area contributed by atoms with Crippen molar-refractivity contribution in [3.63, 3.8) is 0 Å². The standard InChI is InChI=1S/C16H14BrCl2NO3/c1-2-23-12(22)4-7-3-8(21)5-9-13-10(17)6-11(18)14(19)16(13)20-15(7)9/h6-7,20H,2-5H2,1H3. The molecule has 0 fully saturated rings. The van der Waals surface area contributed by atoms with Gasteiger partial charge < -0.3 is 9.72 Å². The van der Waals surface area contributed by atoms with Gasteiger partial charge in [-0.2, -0.15) is 0 Å². The van der Waals surface area contributed by atoms with Crippen molar-refractivity contribution >= 4 is 61.8 Å². The number of rotatable bonds is 3. The summed E-state index contributed by atoms with van der Waals surface area (Å²) < 4.78 is 5.80. The summed E-state index contributed by atoms with van der Waals surface area (Å²) in [5.41, 5.74) is 2.45. The third-order valence-electron chi connectivity index (χ3n) is 4.03. The predicted octanol–water partition coefficient (Wildman–Crippen LogP) is 4.79. The summed E-state index contributed by atoms with van der Waals surface area (Å²) in [6.45, 7) is 2.09. The van der Waals surface area contributed by atoms with Crippen molar-refractivity contribution in [2.45, 2.75) is 32.1 Å². The van der Waals surface area contributed by atoms with Crippen molar-refractivity contribution in [3.8, 4) is 0 Å². The number of ketones is 1. The maximum atomic E-state index is 12.1. The molecule has 23 heavy (non-hydrogen) atoms. The van der Waals surface area contributed by atoms with Gasteiger partial charge in [-0.05, 0) is 18.6 Å². The molecule has 1 unspecified atom stereocenters. The summed E-state index contributed by atoms with van der Waals surface area (Å²) in [6, 6.07) is 1.72. The fourth-order valence-electron chi connectivity index (χ4n) is 3.13. The molecule has 4 nitrogen and oxygen atoms in total. The lowest BCUT2D eigenvalue weighted by Gasteiger charge is -2.21. The van der Waals surface area contributed by atoms with Crippen LogP contribution in [0.25, 0.3) is 10.9 Å². The van der Waals surface area contributed by atoms with Crippen LogP contribution in [0, 0.1) is 0 Å². The highest BCUT2D eigenvalue weighted by Crippen LogP contribution is 2.43. The van der Waals surface area contributed by atoms with E-state index in [-0.39, 0.29) is 24.1 Å². The van der Waals surface area contributed by atoms with Crippen LogP contribution in [0.15, 0.2) is 10.5 Å². The number of aromatic nitrogens is 1. The summed E-state index contributed by atoms with van der Waals surface area (Å²) in [4.78, 5) is 27.2. The molecular weight excluding hydrogens is 405 g/mol. The molecule has 2 aromatic rings. The first-order chi connectivity index (χ1) is 10.9. The van der Waals surface area contributed by atoms with Crippen LogP contribution in [-0.4, -0.2) is 23.3 Å². The van der Waals surface area contributed by atoms with E-state index in [1.165, 1.54) is 0 Å². The highest BCUT2D eigenvalue weighted by molar-refractivity contribution is 9.10. The van der Waals surface area contributed by atoms with Gasteiger partial charge >= 0.3 is 5.97 Å². The van der Waals surface area contributed by atoms with Crippen molar-refractivity contribution < 1.29 is 14.3 Å². The van der Waals surface area contributed by atoms with Crippen LogP contribution in [0.1, 0.15) is 36.9 Å². The minimum Gasteiger partial charge on any atom is -0.466 e. The lowest BCUT2D eigenvalue weighted by molar-refractivity contribution is -0.143. The van der Waals surface area contributed by atoms with E-state index in [0.717, 1.165) is 21.1 Å². The zero-order chi connectivity index (χ0) is 16.7. The molecule has 7 heteroatoms. The molecule has 0 aliphatic heterocycles. The molecule has 1 heterocycles. The van der Waals surface area contributed by atoms with Gasteiger partial charge in [-0.25, -0.2) is 0 Å². The summed E-state index contributed by atoms with van der Waals surface area (Å²) in [7, 11) is 0. The quantitative estimate of drug-likeness (QED) is 0.575. The van der Waals surface area contributed by atoms with Crippen molar-refractivity contribution in [1.82, 2.24) is 4.98 Å². The zero-order valence-electron chi connectivity index (χ0n) is 12.3. The summed E-state index contributed by atoms with van der Waals surface area (Å²) in [5.74, 6) is -0.426. The van der Waals surface area contributed by atoms with Crippen LogP contribution in [-0.2, 0) is 20.7 Å². The molecule has 3 rings (SSSR count). The predicted molar refractivity (Wildman–Crippen MR) is 93.3 cm³/mol. The Morgan fingerprint density at radius 3 is 2.91 bits per heavy atom. The maximum Gasteiger partial charge on any atom is 0.306 e. The Bertz CT molecular complexity index is 815. The Labute approximate surface area is 151 Å². The Morgan fingerprint density at radius 1 is 1.48 bits per heavy atom. The molecule has 1 aliphatic carbocycles. The van der Waals surface area contributed by atoms with Gasteiger partial charge in [-0.3, -0.25) is 9.59 Å². The van der Waals surface area contributed by atoms with Crippen LogP contribution in [0.3, 0.4) is 0 Å². The number of fused-ring (bicyclic) bond motifs is 3. The molecule has 122 valence electrons. The molecular formula is C16H14BrCl2NO3. The fraction of sp³-hybridized carbons (Fsp3) is 0.375. The van der Waals surface area contributed by atoms with E-state index in [1.807, 2.05) is 0 Å². The Hall–Kier alpha value is -1.04. The highest BCUT2D eigenvalue weighted by Gasteiger charge is 2.32. The number of hydrogen-bond acceptors (Lipinski definition) is 3. The van der Waals surface area contributed by atoms with Gasteiger partial charge in [0.25, 0.3) is 0 Å². The van der Waals surface area contributed by atoms with Crippen LogP contribution in [0.2, 0.25) is 10.0 Å². The van der Waals surface area contributed by atoms with Gasteiger partial charge in [-0.15, -0.1) is 0 Å². The Balaban J connectivity index is 2.13. The lowest BCUT2D eigenvalue weighted by Crippen LogP contribution is -2.21. The number of aromatic amines is 1. The number of H-pyrrole nitrogens is 1. The largest absolute Gasteiger partial charge is 0.466 e. The van der Waals surface area contributed by atoms with E-state index in [9.17, 15) is 9.59 Å². The molecule has 1 aromatic heterocycles. The maximum absolute atomic E-state index is 12.1. The SMILES string of the molecule is CCOC(=O)CC1CC(=O)Cc2c1[nH]c1c(Cl)c(Cl)cc(Br)c21. The van der Waals surface area contributed by atoms with Crippen LogP contribution in [0.5, 0.6) is 0 Å². The normalized spacial score (nSPS) is 17.4. The van der Waals surface area contributed by atoms with Crippen molar-refractivity contribution in [2.75, 3.05) is 6.61 Å². The average Bonchev–Trinajstić information content (AvgIpc) is 2.85. The first-order valence-corrected chi connectivity index (χ1v) is 8.82. The van der Waals surface area contributed by atoms with E-state index in [1.54, 1.807) is 13.0 Å². The smallest absolute Gasteiger partial charge is 0.306 e. The summed E-state index contributed by atoms with van der Waals surface area (Å²) >= 11 is 15.9. The third kappa shape index (κ3) is 3.02. The molecule has 1 aromatic carbocycles. The molecule has 1 atom stereocenters. The average molecular weight is 419 g/mol. The van der Waals surface area contributed by atoms with Gasteiger partial charge in [0.05, 0.1) is 28.6 Å². The Morgan fingerprint density at radius 2 is 2.22 bits per heavy atom. The van der Waals surface area contributed by atoms with E-state index in [0.29, 0.717) is 35.0 Å². The lowest BCUT2D eigenvalue weighted by atomic mass is 9.84. The van der Waals surface area contributed by atoms with Gasteiger partial charge in [0, 0.05) is 34.3 Å². The number of carbonyl (C=O) groups is 2. The highest BCUT2D eigenvalue weighted by atomic mass is 79.9. The number of halogens is 3. The van der Waals surface area contributed by atoms with Crippen LogP contribution in [0.4, 0.5) is 0 Å². The van der Waals surface area contributed by atoms with E-state index < -0.39 is 0 Å². The molecule has 0 bridgehead atoms. The molecule has 0 saturated carbocycles. The molecule has 0 radical (unpaired) electrons. The number of carbonyl (C=O) groups excluding carboxylic acids is 2. The number of hydrogen-bond donors (Lipinski definition) is 1. The molecule has 1 N–H and O–H groups in total. The molecule has 0 saturated heterocycles. The van der Waals surface area contributed by atoms with Crippen LogP contribution < -0.4 is 0 Å². The fourth-order valence-corrected chi connectivity index (χ4v) is 4.32. The second-order valence-corrected chi connectivity index (χ2v) is 7.19. The molecule has 0 spiro atoms. The first-order valence-electron chi connectivity index (χ1n) is 7.27. The molecule has 0 amide bonds. The van der Waals surface area contributed by atoms with Crippen molar-refractivity contribution in [1.29, 1.82) is 0 Å². The topological polar surface area (TPSA) is 59.2 Å². The first kappa shape index (κ1) is 16.8. The van der Waals surface area contributed by atoms with Gasteiger partial charge in [0.1, 0.15) is 5.78 Å². The van der Waals surface area contributed by atoms with E-state index in [4.69, 9.17) is 27.9 Å². The minimum atomic E-state index is -0.306. The van der Waals surface area contributed by atoms with Gasteiger partial charge in [0.15, 0.2) is 0 Å². The zero-order valence-corrected chi connectivity index (χ0v) is 15.4. The van der Waals surface area contributed by atoms with Crippen LogP contribution >= 0.6 is 39.1 Å². The summed E-state index contributed by atoms with van der Waals surface area (Å²) in [5, 5.41) is 1.70. The molecule has 1 aliphatic rings. The number of ether oxygens (including phenoxy) is 1. The second kappa shape index (κ2) is 6.46. The number of esters is 1. The number of nitrogens with one attached hydrogen (secondary N) is 1. The van der Waals surface area contributed by atoms with E-state index in [2.05, 4.69) is 20.9 Å². The third-order valence-corrected chi connectivity index (χ3v) is 5.45. The van der Waals surface area contributed by atoms with Crippen molar-refractivity contribution in [2.24, 2.45) is 0 Å². The minimum absolute atomic E-state index is 0.102.